The molecular weight excluding hydrogens is 426 g/mol. The number of pyridine rings is 2. The van der Waals surface area contributed by atoms with Crippen molar-refractivity contribution in [3.63, 3.8) is 0 Å². The van der Waals surface area contributed by atoms with E-state index < -0.39 is 0 Å². The van der Waals surface area contributed by atoms with Gasteiger partial charge in [0.1, 0.15) is 11.8 Å². The second-order valence-corrected chi connectivity index (χ2v) is 8.48. The Morgan fingerprint density at radius 3 is 2.62 bits per heavy atom. The lowest BCUT2D eigenvalue weighted by atomic mass is 9.95. The number of benzene rings is 2. The molecule has 3 heterocycles. The molecule has 2 aromatic heterocycles. The number of para-hydroxylation sites is 1. The fourth-order valence-electron chi connectivity index (χ4n) is 4.58. The first-order chi connectivity index (χ1) is 16.6. The second-order valence-electron chi connectivity index (χ2n) is 8.48. The number of piperidine rings is 1. The Kier molecular flexibility index (Phi) is 5.74. The van der Waals surface area contributed by atoms with E-state index in [-0.39, 0.29) is 17.4 Å². The van der Waals surface area contributed by atoms with Crippen molar-refractivity contribution in [3.05, 3.63) is 66.5 Å². The molecule has 0 spiro atoms. The van der Waals surface area contributed by atoms with Gasteiger partial charge in [-0.15, -0.1) is 0 Å². The van der Waals surface area contributed by atoms with Crippen LogP contribution in [-0.4, -0.2) is 41.3 Å². The second kappa shape index (κ2) is 9.00. The largest absolute Gasteiger partial charge is 0.506 e. The van der Waals surface area contributed by atoms with Gasteiger partial charge in [0.25, 0.3) is 0 Å². The van der Waals surface area contributed by atoms with Crippen LogP contribution in [0.4, 0.5) is 5.69 Å². The van der Waals surface area contributed by atoms with Crippen LogP contribution in [0.5, 0.6) is 11.6 Å². The van der Waals surface area contributed by atoms with Crippen LogP contribution in [0.25, 0.3) is 33.2 Å². The van der Waals surface area contributed by atoms with Crippen LogP contribution in [0.3, 0.4) is 0 Å². The Morgan fingerprint density at radius 2 is 1.85 bits per heavy atom. The number of phenolic OH excluding ortho intramolecular Hbond substituents is 1. The molecule has 5 rings (SSSR count). The normalized spacial score (nSPS) is 14.2. The number of nitrogens with zero attached hydrogens (tertiary/aromatic N) is 4. The molecule has 1 aliphatic rings. The molecule has 0 saturated carbocycles. The summed E-state index contributed by atoms with van der Waals surface area (Å²) in [6, 6.07) is 17.3. The minimum Gasteiger partial charge on any atom is -0.506 e. The number of aromatic hydroxyl groups is 1. The van der Waals surface area contributed by atoms with Gasteiger partial charge in [-0.25, -0.2) is 4.98 Å². The number of fused-ring (bicyclic) bond motifs is 1. The maximum absolute atomic E-state index is 10.7. The molecule has 0 aliphatic carbocycles. The van der Waals surface area contributed by atoms with Crippen molar-refractivity contribution in [2.45, 2.75) is 18.9 Å². The molecule has 2 aromatic carbocycles. The lowest BCUT2D eigenvalue weighted by molar-refractivity contribution is 0.398. The number of aromatic nitrogens is 2. The van der Waals surface area contributed by atoms with Crippen molar-refractivity contribution in [2.24, 2.45) is 5.73 Å². The van der Waals surface area contributed by atoms with Crippen LogP contribution in [0.2, 0.25) is 0 Å². The van der Waals surface area contributed by atoms with Gasteiger partial charge in [0.15, 0.2) is 0 Å². The molecule has 1 fully saturated rings. The van der Waals surface area contributed by atoms with E-state index in [0.717, 1.165) is 59.2 Å². The molecule has 7 nitrogen and oxygen atoms in total. The summed E-state index contributed by atoms with van der Waals surface area (Å²) in [5, 5.41) is 21.0. The topological polar surface area (TPSA) is 108 Å². The first-order valence-corrected chi connectivity index (χ1v) is 11.2. The van der Waals surface area contributed by atoms with E-state index in [1.807, 2.05) is 42.6 Å². The third-order valence-electron chi connectivity index (χ3n) is 6.42. The van der Waals surface area contributed by atoms with Gasteiger partial charge in [-0.3, -0.25) is 4.98 Å². The van der Waals surface area contributed by atoms with Crippen LogP contribution in [0.15, 0.2) is 60.9 Å². The van der Waals surface area contributed by atoms with E-state index >= 15 is 0 Å². The number of methoxy groups -OCH3 is 1. The minimum absolute atomic E-state index is 0.0159. The fraction of sp³-hybridized carbons (Fsp3) is 0.222. The number of anilines is 1. The van der Waals surface area contributed by atoms with Gasteiger partial charge in [-0.1, -0.05) is 18.2 Å². The zero-order valence-electron chi connectivity index (χ0n) is 18.9. The molecule has 4 aromatic rings. The summed E-state index contributed by atoms with van der Waals surface area (Å²) in [7, 11) is 1.60. The number of ether oxygens (including phenoxy) is 1. The summed E-state index contributed by atoms with van der Waals surface area (Å²) in [4.78, 5) is 11.4. The van der Waals surface area contributed by atoms with E-state index in [2.05, 4.69) is 16.0 Å². The maximum atomic E-state index is 10.7. The smallest absolute Gasteiger partial charge is 0.213 e. The lowest BCUT2D eigenvalue weighted by Gasteiger charge is -2.34. The Hall–Kier alpha value is -4.15. The molecule has 1 saturated heterocycles. The number of nitriles is 1. The molecule has 0 radical (unpaired) electrons. The molecule has 3 N–H and O–H groups in total. The highest BCUT2D eigenvalue weighted by Crippen LogP contribution is 2.41. The third kappa shape index (κ3) is 3.89. The molecule has 34 heavy (non-hydrogen) atoms. The summed E-state index contributed by atoms with van der Waals surface area (Å²) in [5.41, 5.74) is 11.8. The molecule has 0 atom stereocenters. The molecule has 1 aliphatic heterocycles. The van der Waals surface area contributed by atoms with Crippen molar-refractivity contribution < 1.29 is 9.84 Å². The van der Waals surface area contributed by atoms with Crippen LogP contribution in [-0.2, 0) is 0 Å². The van der Waals surface area contributed by atoms with Gasteiger partial charge in [0.2, 0.25) is 5.88 Å². The van der Waals surface area contributed by atoms with E-state index in [1.165, 1.54) is 0 Å². The van der Waals surface area contributed by atoms with Crippen molar-refractivity contribution in [3.8, 4) is 40.0 Å². The number of phenols is 1. The molecule has 0 bridgehead atoms. The predicted molar refractivity (Wildman–Crippen MR) is 133 cm³/mol. The van der Waals surface area contributed by atoms with Crippen molar-refractivity contribution in [2.75, 3.05) is 25.1 Å². The standard InChI is InChI=1S/C27H25N5O2/c1-34-25-14-18(7-10-30-25)23-16-31-24-6-5-17(21-4-2-3-19(15-28)27(21)33)13-22(24)26(23)32-11-8-20(29)9-12-32/h2-7,10,13-14,16,20,33H,8-9,11-12,29H2,1H3. The maximum Gasteiger partial charge on any atom is 0.213 e. The number of hydrogen-bond donors (Lipinski definition) is 2. The summed E-state index contributed by atoms with van der Waals surface area (Å²) >= 11 is 0. The number of hydrogen-bond acceptors (Lipinski definition) is 7. The number of nitrogens with two attached hydrogens (primary N) is 1. The van der Waals surface area contributed by atoms with E-state index in [4.69, 9.17) is 15.5 Å². The minimum atomic E-state index is -0.0159. The molecule has 7 heteroatoms. The van der Waals surface area contributed by atoms with E-state index in [1.54, 1.807) is 25.4 Å². The Bertz CT molecular complexity index is 1400. The molecule has 170 valence electrons. The molecule has 0 amide bonds. The van der Waals surface area contributed by atoms with Gasteiger partial charge in [-0.2, -0.15) is 5.26 Å². The summed E-state index contributed by atoms with van der Waals surface area (Å²) in [6.07, 6.45) is 5.45. The summed E-state index contributed by atoms with van der Waals surface area (Å²) in [5.74, 6) is 0.522. The summed E-state index contributed by atoms with van der Waals surface area (Å²) in [6.45, 7) is 1.68. The predicted octanol–water partition coefficient (Wildman–Crippen LogP) is 4.48. The van der Waals surface area contributed by atoms with Crippen molar-refractivity contribution >= 4 is 16.6 Å². The Labute approximate surface area is 198 Å². The van der Waals surface area contributed by atoms with Gasteiger partial charge < -0.3 is 20.5 Å². The van der Waals surface area contributed by atoms with Gasteiger partial charge >= 0.3 is 0 Å². The summed E-state index contributed by atoms with van der Waals surface area (Å²) < 4.78 is 5.36. The van der Waals surface area contributed by atoms with Gasteiger partial charge in [0.05, 0.1) is 23.9 Å². The zero-order chi connectivity index (χ0) is 23.7. The van der Waals surface area contributed by atoms with Gasteiger partial charge in [0, 0.05) is 54.1 Å². The highest BCUT2D eigenvalue weighted by atomic mass is 16.5. The van der Waals surface area contributed by atoms with E-state index in [0.29, 0.717) is 11.4 Å². The quantitative estimate of drug-likeness (QED) is 0.471. The van der Waals surface area contributed by atoms with Crippen LogP contribution in [0.1, 0.15) is 18.4 Å². The first-order valence-electron chi connectivity index (χ1n) is 11.2. The van der Waals surface area contributed by atoms with E-state index in [9.17, 15) is 10.4 Å². The lowest BCUT2D eigenvalue weighted by Crippen LogP contribution is -2.40. The highest BCUT2D eigenvalue weighted by Gasteiger charge is 2.23. The molecular formula is C27H25N5O2. The monoisotopic (exact) mass is 451 g/mol. The Balaban J connectivity index is 1.74. The molecule has 0 unspecified atom stereocenters. The average Bonchev–Trinajstić information content (AvgIpc) is 2.88. The highest BCUT2D eigenvalue weighted by molar-refractivity contribution is 6.02. The third-order valence-corrected chi connectivity index (χ3v) is 6.42. The van der Waals surface area contributed by atoms with Crippen LogP contribution in [0, 0.1) is 11.3 Å². The Morgan fingerprint density at radius 1 is 1.06 bits per heavy atom. The van der Waals surface area contributed by atoms with Crippen LogP contribution >= 0.6 is 0 Å². The number of rotatable bonds is 4. The zero-order valence-corrected chi connectivity index (χ0v) is 18.9. The fourth-order valence-corrected chi connectivity index (χ4v) is 4.58. The van der Waals surface area contributed by atoms with Crippen LogP contribution < -0.4 is 15.4 Å². The van der Waals surface area contributed by atoms with Gasteiger partial charge in [-0.05, 0) is 48.2 Å². The average molecular weight is 452 g/mol. The van der Waals surface area contributed by atoms with Crippen molar-refractivity contribution in [1.82, 2.24) is 9.97 Å². The van der Waals surface area contributed by atoms with Crippen molar-refractivity contribution in [1.29, 1.82) is 5.26 Å². The SMILES string of the molecule is COc1cc(-c2cnc3ccc(-c4cccc(C#N)c4O)cc3c2N2CCC(N)CC2)ccn1. The first kappa shape index (κ1) is 21.7.